The molecule has 0 saturated carbocycles. The number of hydrogen-bond donors (Lipinski definition) is 2. The third-order valence-corrected chi connectivity index (χ3v) is 1.69. The second-order valence-electron chi connectivity index (χ2n) is 2.66. The third-order valence-electron chi connectivity index (χ3n) is 1.69. The number of hydrogen-bond acceptors (Lipinski definition) is 4. The number of nitrogens with zero attached hydrogens (tertiary/aromatic N) is 1. The summed E-state index contributed by atoms with van der Waals surface area (Å²) in [7, 11) is 0. The van der Waals surface area contributed by atoms with E-state index in [-0.39, 0.29) is 11.6 Å². The Labute approximate surface area is 74.6 Å². The molecule has 4 nitrogen and oxygen atoms in total. The lowest BCUT2D eigenvalue weighted by atomic mass is 10.1. The Bertz CT molecular complexity index is 406. The molecule has 1 heterocycles. The van der Waals surface area contributed by atoms with Crippen LogP contribution < -0.4 is 5.73 Å². The summed E-state index contributed by atoms with van der Waals surface area (Å²) in [5.41, 5.74) is 6.89. The van der Waals surface area contributed by atoms with Gasteiger partial charge in [0.15, 0.2) is 0 Å². The number of anilines is 1. The molecule has 3 N–H and O–H groups in total. The summed E-state index contributed by atoms with van der Waals surface area (Å²) in [6, 6.07) is 8.28. The van der Waals surface area contributed by atoms with Crippen molar-refractivity contribution in [1.29, 1.82) is 0 Å². The molecular formula is C9H8N2O2. The molecule has 0 amide bonds. The Morgan fingerprint density at radius 3 is 2.46 bits per heavy atom. The van der Waals surface area contributed by atoms with E-state index in [1.807, 2.05) is 0 Å². The number of aromatic nitrogens is 1. The molecule has 0 bridgehead atoms. The number of rotatable bonds is 1. The van der Waals surface area contributed by atoms with Crippen molar-refractivity contribution in [2.75, 3.05) is 5.73 Å². The number of nitrogen functional groups attached to an aromatic ring is 1. The fourth-order valence-electron chi connectivity index (χ4n) is 1.06. The molecule has 66 valence electrons. The van der Waals surface area contributed by atoms with E-state index in [1.165, 1.54) is 0 Å². The molecule has 0 saturated heterocycles. The minimum absolute atomic E-state index is 0.222. The summed E-state index contributed by atoms with van der Waals surface area (Å²) in [6.07, 6.45) is 0. The van der Waals surface area contributed by atoms with Gasteiger partial charge in [-0.1, -0.05) is 5.16 Å². The normalized spacial score (nSPS) is 10.2. The summed E-state index contributed by atoms with van der Waals surface area (Å²) in [5, 5.41) is 12.8. The lowest BCUT2D eigenvalue weighted by Crippen LogP contribution is -1.76. The summed E-state index contributed by atoms with van der Waals surface area (Å²) in [6.45, 7) is 0. The van der Waals surface area contributed by atoms with Gasteiger partial charge in [-0.25, -0.2) is 0 Å². The van der Waals surface area contributed by atoms with Gasteiger partial charge in [-0.05, 0) is 24.3 Å². The highest BCUT2D eigenvalue weighted by molar-refractivity contribution is 5.61. The average Bonchev–Trinajstić information content (AvgIpc) is 2.53. The highest BCUT2D eigenvalue weighted by Crippen LogP contribution is 2.21. The first-order valence-electron chi connectivity index (χ1n) is 3.77. The average molecular weight is 176 g/mol. The van der Waals surface area contributed by atoms with Gasteiger partial charge in [-0.2, -0.15) is 0 Å². The van der Waals surface area contributed by atoms with Crippen LogP contribution in [-0.2, 0) is 0 Å². The molecule has 0 aliphatic heterocycles. The van der Waals surface area contributed by atoms with Crippen LogP contribution in [0.3, 0.4) is 0 Å². The minimum Gasteiger partial charge on any atom is -0.508 e. The van der Waals surface area contributed by atoms with Crippen LogP contribution in [0.4, 0.5) is 5.88 Å². The molecule has 0 unspecified atom stereocenters. The molecule has 0 atom stereocenters. The fourth-order valence-corrected chi connectivity index (χ4v) is 1.06. The molecule has 13 heavy (non-hydrogen) atoms. The van der Waals surface area contributed by atoms with E-state index in [1.54, 1.807) is 30.3 Å². The van der Waals surface area contributed by atoms with E-state index in [4.69, 9.17) is 15.4 Å². The Morgan fingerprint density at radius 2 is 1.92 bits per heavy atom. The smallest absolute Gasteiger partial charge is 0.222 e. The van der Waals surface area contributed by atoms with Gasteiger partial charge in [0.25, 0.3) is 0 Å². The molecule has 4 heteroatoms. The van der Waals surface area contributed by atoms with E-state index in [2.05, 4.69) is 5.16 Å². The summed E-state index contributed by atoms with van der Waals surface area (Å²) >= 11 is 0. The molecule has 0 aliphatic carbocycles. The lowest BCUT2D eigenvalue weighted by Gasteiger charge is -1.94. The zero-order valence-corrected chi connectivity index (χ0v) is 6.77. The maximum Gasteiger partial charge on any atom is 0.222 e. The van der Waals surface area contributed by atoms with Crippen molar-refractivity contribution < 1.29 is 9.63 Å². The van der Waals surface area contributed by atoms with Crippen molar-refractivity contribution in [3.05, 3.63) is 30.3 Å². The largest absolute Gasteiger partial charge is 0.508 e. The Balaban J connectivity index is 2.41. The Morgan fingerprint density at radius 1 is 1.23 bits per heavy atom. The van der Waals surface area contributed by atoms with Crippen LogP contribution >= 0.6 is 0 Å². The van der Waals surface area contributed by atoms with Crippen molar-refractivity contribution in [3.8, 4) is 17.0 Å². The molecule has 0 fully saturated rings. The molecular weight excluding hydrogens is 168 g/mol. The highest BCUT2D eigenvalue weighted by atomic mass is 16.5. The maximum absolute atomic E-state index is 9.04. The van der Waals surface area contributed by atoms with E-state index < -0.39 is 0 Å². The number of benzene rings is 1. The molecule has 2 rings (SSSR count). The first-order valence-corrected chi connectivity index (χ1v) is 3.77. The predicted molar refractivity (Wildman–Crippen MR) is 48.0 cm³/mol. The molecule has 1 aromatic carbocycles. The van der Waals surface area contributed by atoms with Crippen molar-refractivity contribution in [3.63, 3.8) is 0 Å². The molecule has 0 spiro atoms. The minimum atomic E-state index is 0.222. The maximum atomic E-state index is 9.04. The standard InChI is InChI=1S/C9H8N2O2/c10-9-5-8(11-13-9)6-1-3-7(12)4-2-6/h1-5,12H,10H2. The Hall–Kier alpha value is -1.97. The van der Waals surface area contributed by atoms with Crippen molar-refractivity contribution >= 4 is 5.88 Å². The van der Waals surface area contributed by atoms with Crippen molar-refractivity contribution in [2.45, 2.75) is 0 Å². The van der Waals surface area contributed by atoms with Gasteiger partial charge in [0, 0.05) is 11.6 Å². The summed E-state index contributed by atoms with van der Waals surface area (Å²) < 4.78 is 4.71. The van der Waals surface area contributed by atoms with Crippen LogP contribution in [0.2, 0.25) is 0 Å². The van der Waals surface area contributed by atoms with Crippen LogP contribution in [0, 0.1) is 0 Å². The lowest BCUT2D eigenvalue weighted by molar-refractivity contribution is 0.439. The SMILES string of the molecule is Nc1cc(-c2ccc(O)cc2)no1. The number of phenolic OH excluding ortho intramolecular Hbond substituents is 1. The third kappa shape index (κ3) is 1.46. The summed E-state index contributed by atoms with van der Waals surface area (Å²) in [4.78, 5) is 0. The van der Waals surface area contributed by atoms with Gasteiger partial charge in [0.2, 0.25) is 5.88 Å². The van der Waals surface area contributed by atoms with Crippen LogP contribution in [0.1, 0.15) is 0 Å². The summed E-state index contributed by atoms with van der Waals surface area (Å²) in [5.74, 6) is 0.503. The second-order valence-corrected chi connectivity index (χ2v) is 2.66. The first kappa shape index (κ1) is 7.67. The van der Waals surface area contributed by atoms with E-state index in [0.29, 0.717) is 5.69 Å². The van der Waals surface area contributed by atoms with Crippen LogP contribution in [0.15, 0.2) is 34.9 Å². The van der Waals surface area contributed by atoms with E-state index in [9.17, 15) is 0 Å². The van der Waals surface area contributed by atoms with E-state index >= 15 is 0 Å². The monoisotopic (exact) mass is 176 g/mol. The Kier molecular flexibility index (Phi) is 1.66. The highest BCUT2D eigenvalue weighted by Gasteiger charge is 2.02. The molecule has 1 aromatic heterocycles. The van der Waals surface area contributed by atoms with Crippen LogP contribution in [0.25, 0.3) is 11.3 Å². The van der Waals surface area contributed by atoms with Gasteiger partial charge >= 0.3 is 0 Å². The van der Waals surface area contributed by atoms with Gasteiger partial charge in [-0.3, -0.25) is 0 Å². The van der Waals surface area contributed by atoms with E-state index in [0.717, 1.165) is 5.56 Å². The fraction of sp³-hybridized carbons (Fsp3) is 0. The van der Waals surface area contributed by atoms with Crippen molar-refractivity contribution in [2.24, 2.45) is 0 Å². The van der Waals surface area contributed by atoms with Crippen molar-refractivity contribution in [1.82, 2.24) is 5.16 Å². The first-order chi connectivity index (χ1) is 6.25. The molecule has 0 aliphatic rings. The molecule has 0 radical (unpaired) electrons. The quantitative estimate of drug-likeness (QED) is 0.692. The van der Waals surface area contributed by atoms with Crippen LogP contribution in [0.5, 0.6) is 5.75 Å². The van der Waals surface area contributed by atoms with Gasteiger partial charge < -0.3 is 15.4 Å². The molecule has 2 aromatic rings. The number of nitrogens with two attached hydrogens (primary N) is 1. The topological polar surface area (TPSA) is 72.3 Å². The predicted octanol–water partition coefficient (Wildman–Crippen LogP) is 1.63. The second kappa shape index (κ2) is 2.82. The zero-order valence-electron chi connectivity index (χ0n) is 6.77. The number of phenols is 1. The number of aromatic hydroxyl groups is 1. The van der Waals surface area contributed by atoms with Crippen LogP contribution in [-0.4, -0.2) is 10.3 Å². The van der Waals surface area contributed by atoms with Gasteiger partial charge in [0.1, 0.15) is 11.4 Å². The van der Waals surface area contributed by atoms with Gasteiger partial charge in [0.05, 0.1) is 0 Å². The zero-order chi connectivity index (χ0) is 9.26. The van der Waals surface area contributed by atoms with Gasteiger partial charge in [-0.15, -0.1) is 0 Å².